The largest absolute Gasteiger partial charge is 0.456 e. The molecule has 15 atom stereocenters. The fourth-order valence-corrected chi connectivity index (χ4v) is 11.1. The minimum absolute atomic E-state index is 0.00169. The van der Waals surface area contributed by atoms with Crippen LogP contribution in [0.4, 0.5) is 0 Å². The lowest BCUT2D eigenvalue weighted by atomic mass is 9.70. The standard InChI is InChI=1S/C45H73NO13/c1-11-30-22-36(55-9)39-35(54-8)19-26(3)24-43(6)25-44(12-2,59-43)37(49)23-33(48)28(5)38(27(4)20-29-16-17-32(47)34(21-29)53-7)57-42(52)31-15-13-14-18-46(31)41(51)40(50)45(30,56-10)58-39/h20,26,28-36,38-39,47-48H,11-19,21-25H2,1-10H3/b27-20+/t26-,28-,29+,30-,31+,32-,33+,34-,35+,36+,38-,39-,43+,44?,45-/m1/s1. The summed E-state index contributed by atoms with van der Waals surface area (Å²) in [6.07, 6.45) is 3.01. The molecule has 0 aromatic carbocycles. The van der Waals surface area contributed by atoms with Gasteiger partial charge >= 0.3 is 5.97 Å². The maximum absolute atomic E-state index is 14.8. The summed E-state index contributed by atoms with van der Waals surface area (Å²) in [7, 11) is 6.12. The number of fused-ring (bicyclic) bond motifs is 10. The zero-order chi connectivity index (χ0) is 43.4. The molecule has 14 heteroatoms. The van der Waals surface area contributed by atoms with E-state index in [1.165, 1.54) is 12.0 Å². The minimum atomic E-state index is -1.96. The lowest BCUT2D eigenvalue weighted by Crippen LogP contribution is -2.65. The average Bonchev–Trinajstić information content (AvgIpc) is 3.22. The number of hydrogen-bond donors (Lipinski definition) is 2. The van der Waals surface area contributed by atoms with Gasteiger partial charge in [0.25, 0.3) is 11.7 Å². The average molecular weight is 836 g/mol. The first-order valence-corrected chi connectivity index (χ1v) is 22.1. The number of nitrogens with zero attached hydrogens (tertiary/aromatic N) is 1. The third-order valence-electron chi connectivity index (χ3n) is 14.4. The van der Waals surface area contributed by atoms with Crippen molar-refractivity contribution < 1.29 is 62.5 Å². The van der Waals surface area contributed by atoms with Gasteiger partial charge in [0.1, 0.15) is 23.9 Å². The Hall–Kier alpha value is -2.30. The number of ether oxygens (including phenoxy) is 7. The second-order valence-corrected chi connectivity index (χ2v) is 18.5. The summed E-state index contributed by atoms with van der Waals surface area (Å²) in [6, 6.07) is -1.09. The Balaban J connectivity index is 1.56. The van der Waals surface area contributed by atoms with E-state index in [-0.39, 0.29) is 43.1 Å². The molecule has 336 valence electrons. The summed E-state index contributed by atoms with van der Waals surface area (Å²) >= 11 is 0. The minimum Gasteiger partial charge on any atom is -0.456 e. The molecule has 5 heterocycles. The van der Waals surface area contributed by atoms with E-state index < -0.39 is 89.2 Å². The van der Waals surface area contributed by atoms with Crippen LogP contribution >= 0.6 is 0 Å². The van der Waals surface area contributed by atoms with Gasteiger partial charge in [-0.15, -0.1) is 0 Å². The first-order valence-electron chi connectivity index (χ1n) is 22.1. The number of methoxy groups -OCH3 is 4. The summed E-state index contributed by atoms with van der Waals surface area (Å²) in [6.45, 7) is 11.7. The molecule has 6 aliphatic rings. The topological polar surface area (TPSA) is 177 Å². The smallest absolute Gasteiger partial charge is 0.329 e. The molecular formula is C45H73NO13. The van der Waals surface area contributed by atoms with Crippen LogP contribution in [0.1, 0.15) is 125 Å². The van der Waals surface area contributed by atoms with E-state index in [0.717, 1.165) is 0 Å². The predicted octanol–water partition coefficient (Wildman–Crippen LogP) is 4.87. The van der Waals surface area contributed by atoms with Crippen molar-refractivity contribution in [2.75, 3.05) is 35.0 Å². The van der Waals surface area contributed by atoms with E-state index in [4.69, 9.17) is 33.2 Å². The van der Waals surface area contributed by atoms with Crippen molar-refractivity contribution in [3.8, 4) is 0 Å². The number of amides is 1. The number of carbonyl (C=O) groups is 4. The number of Topliss-reactive ketones (excluding diaryl/α,β-unsaturated/α-hetero) is 2. The molecule has 14 nitrogen and oxygen atoms in total. The van der Waals surface area contributed by atoms with E-state index in [1.54, 1.807) is 28.3 Å². The Bertz CT molecular complexity index is 1510. The van der Waals surface area contributed by atoms with Crippen LogP contribution in [0, 0.1) is 23.7 Å². The fraction of sp³-hybridized carbons (Fsp3) is 0.867. The second kappa shape index (κ2) is 19.8. The number of esters is 1. The molecule has 1 saturated carbocycles. The zero-order valence-electron chi connectivity index (χ0n) is 37.2. The zero-order valence-corrected chi connectivity index (χ0v) is 37.2. The molecule has 6 rings (SSSR count). The van der Waals surface area contributed by atoms with Gasteiger partial charge in [-0.3, -0.25) is 14.4 Å². The van der Waals surface area contributed by atoms with Gasteiger partial charge in [-0.2, -0.15) is 0 Å². The van der Waals surface area contributed by atoms with Gasteiger partial charge in [-0.05, 0) is 102 Å². The highest BCUT2D eigenvalue weighted by atomic mass is 16.7. The van der Waals surface area contributed by atoms with E-state index >= 15 is 0 Å². The molecule has 59 heavy (non-hydrogen) atoms. The van der Waals surface area contributed by atoms with Crippen LogP contribution in [0.15, 0.2) is 11.6 Å². The van der Waals surface area contributed by atoms with Crippen LogP contribution in [-0.4, -0.2) is 139 Å². The molecule has 1 aliphatic carbocycles. The van der Waals surface area contributed by atoms with Crippen LogP contribution in [0.5, 0.6) is 0 Å². The number of aliphatic hydroxyl groups excluding tert-OH is 2. The highest BCUT2D eigenvalue weighted by Gasteiger charge is 2.60. The van der Waals surface area contributed by atoms with Crippen molar-refractivity contribution in [3.63, 3.8) is 0 Å². The van der Waals surface area contributed by atoms with E-state index in [9.17, 15) is 29.4 Å². The van der Waals surface area contributed by atoms with Gasteiger partial charge < -0.3 is 48.3 Å². The van der Waals surface area contributed by atoms with Crippen molar-refractivity contribution >= 4 is 23.4 Å². The van der Waals surface area contributed by atoms with Gasteiger partial charge in [0.15, 0.2) is 5.78 Å². The predicted molar refractivity (Wildman–Crippen MR) is 217 cm³/mol. The molecule has 0 aromatic rings. The molecule has 2 N–H and O–H groups in total. The molecular weight excluding hydrogens is 762 g/mol. The van der Waals surface area contributed by atoms with Crippen LogP contribution in [0.2, 0.25) is 0 Å². The molecule has 1 unspecified atom stereocenters. The van der Waals surface area contributed by atoms with E-state index in [1.807, 2.05) is 33.8 Å². The lowest BCUT2D eigenvalue weighted by molar-refractivity contribution is -0.314. The summed E-state index contributed by atoms with van der Waals surface area (Å²) < 4.78 is 43.3. The second-order valence-electron chi connectivity index (χ2n) is 18.5. The number of aliphatic hydroxyl groups is 2. The summed E-state index contributed by atoms with van der Waals surface area (Å²) in [5.41, 5.74) is -1.00. The SMILES string of the molecule is CC[C@@H]1C[C@H](OC)[C@@H]2O[C@@]1(OC)C(=O)C(=O)N1CCCC[C@H]1C(=O)O[C@H](/C(C)=C/[C@@H]1CC[C@@H](O)[C@H](OC)C1)[C@H](C)[C@@H](O)CC(=O)C1(CC)C[C@](C)(C[C@H](C)C[C@@H]2OC)O1. The normalized spacial score (nSPS) is 43.6. The molecule has 4 bridgehead atoms. The number of piperidine rings is 1. The maximum Gasteiger partial charge on any atom is 0.329 e. The first kappa shape index (κ1) is 47.7. The Morgan fingerprint density at radius 2 is 1.56 bits per heavy atom. The number of rotatable bonds is 8. The van der Waals surface area contributed by atoms with Crippen LogP contribution in [0.3, 0.4) is 0 Å². The Morgan fingerprint density at radius 1 is 0.898 bits per heavy atom. The Kier molecular flexibility index (Phi) is 16.0. The van der Waals surface area contributed by atoms with Gasteiger partial charge in [0.2, 0.25) is 5.79 Å². The van der Waals surface area contributed by atoms with Crippen molar-refractivity contribution in [1.29, 1.82) is 0 Å². The van der Waals surface area contributed by atoms with Crippen molar-refractivity contribution in [2.24, 2.45) is 23.7 Å². The molecule has 5 aliphatic heterocycles. The highest BCUT2D eigenvalue weighted by molar-refractivity contribution is 6.39. The third kappa shape index (κ3) is 9.85. The summed E-state index contributed by atoms with van der Waals surface area (Å²) in [5.74, 6) is -5.91. The molecule has 0 radical (unpaired) electrons. The lowest BCUT2D eigenvalue weighted by Gasteiger charge is -2.55. The Morgan fingerprint density at radius 3 is 2.17 bits per heavy atom. The fourth-order valence-electron chi connectivity index (χ4n) is 11.1. The molecule has 1 amide bonds. The Labute approximate surface area is 351 Å². The van der Waals surface area contributed by atoms with Crippen LogP contribution in [0.25, 0.3) is 0 Å². The first-order chi connectivity index (χ1) is 27.9. The quantitative estimate of drug-likeness (QED) is 0.193. The van der Waals surface area contributed by atoms with Crippen molar-refractivity contribution in [1.82, 2.24) is 4.90 Å². The number of ketones is 2. The van der Waals surface area contributed by atoms with Gasteiger partial charge in [0.05, 0.1) is 36.1 Å². The van der Waals surface area contributed by atoms with E-state index in [2.05, 4.69) is 6.92 Å². The van der Waals surface area contributed by atoms with Gasteiger partial charge in [-0.25, -0.2) is 4.79 Å². The van der Waals surface area contributed by atoms with Crippen LogP contribution in [-0.2, 0) is 52.3 Å². The van der Waals surface area contributed by atoms with E-state index in [0.29, 0.717) is 76.2 Å². The molecule has 6 fully saturated rings. The van der Waals surface area contributed by atoms with Gasteiger partial charge in [-0.1, -0.05) is 33.8 Å². The van der Waals surface area contributed by atoms with Crippen molar-refractivity contribution in [2.45, 2.75) is 191 Å². The summed E-state index contributed by atoms with van der Waals surface area (Å²) in [4.78, 5) is 59.2. The molecule has 5 saturated heterocycles. The summed E-state index contributed by atoms with van der Waals surface area (Å²) in [5, 5.41) is 22.3. The maximum atomic E-state index is 14.8. The third-order valence-corrected chi connectivity index (χ3v) is 14.4. The number of carbonyl (C=O) groups excluding carboxylic acids is 4. The molecule has 0 spiro atoms. The number of allylic oxidation sites excluding steroid dienone is 1. The number of hydrogen-bond acceptors (Lipinski definition) is 13. The van der Waals surface area contributed by atoms with Gasteiger partial charge in [0, 0.05) is 59.7 Å². The molecule has 0 aromatic heterocycles. The monoisotopic (exact) mass is 836 g/mol. The highest BCUT2D eigenvalue weighted by Crippen LogP contribution is 2.50. The van der Waals surface area contributed by atoms with Crippen LogP contribution < -0.4 is 0 Å². The van der Waals surface area contributed by atoms with Crippen molar-refractivity contribution in [3.05, 3.63) is 11.6 Å².